The monoisotopic (exact) mass is 394 g/mol. The molecule has 1 fully saturated rings. The lowest BCUT2D eigenvalue weighted by Gasteiger charge is -2.25. The average molecular weight is 395 g/mol. The molecule has 5 heteroatoms. The molecule has 1 saturated heterocycles. The summed E-state index contributed by atoms with van der Waals surface area (Å²) in [6, 6.07) is 16.9. The summed E-state index contributed by atoms with van der Waals surface area (Å²) in [6.45, 7) is 3.51. The smallest absolute Gasteiger partial charge is 0.234 e. The molecular formula is C24H30N2O3. The second kappa shape index (κ2) is 9.79. The molecule has 1 N–H and O–H groups in total. The van der Waals surface area contributed by atoms with Crippen LogP contribution in [0, 0.1) is 0 Å². The van der Waals surface area contributed by atoms with E-state index in [0.29, 0.717) is 19.8 Å². The van der Waals surface area contributed by atoms with Crippen LogP contribution in [0.1, 0.15) is 42.9 Å². The summed E-state index contributed by atoms with van der Waals surface area (Å²) in [7, 11) is 0. The Labute approximate surface area is 173 Å². The molecule has 154 valence electrons. The molecule has 1 amide bonds. The highest BCUT2D eigenvalue weighted by Gasteiger charge is 2.28. The number of carbonyl (C=O) groups is 1. The molecule has 2 aliphatic heterocycles. The molecule has 2 aromatic carbocycles. The Balaban J connectivity index is 1.28. The number of amides is 1. The number of aryl methyl sites for hydroxylation is 1. The summed E-state index contributed by atoms with van der Waals surface area (Å²) in [5.74, 6) is 1.77. The first-order chi connectivity index (χ1) is 14.3. The van der Waals surface area contributed by atoms with Gasteiger partial charge in [-0.3, -0.25) is 9.69 Å². The highest BCUT2D eigenvalue weighted by atomic mass is 16.5. The number of nitrogens with zero attached hydrogens (tertiary/aromatic N) is 1. The lowest BCUT2D eigenvalue weighted by atomic mass is 10.0. The number of carbonyl (C=O) groups excluding carboxylic acids is 1. The predicted molar refractivity (Wildman–Crippen MR) is 113 cm³/mol. The van der Waals surface area contributed by atoms with Crippen LogP contribution in [0.5, 0.6) is 11.5 Å². The zero-order valence-corrected chi connectivity index (χ0v) is 16.9. The van der Waals surface area contributed by atoms with Crippen molar-refractivity contribution >= 4 is 5.91 Å². The average Bonchev–Trinajstić information content (AvgIpc) is 3.07. The van der Waals surface area contributed by atoms with Crippen molar-refractivity contribution in [1.29, 1.82) is 0 Å². The SMILES string of the molecule is O=C(CN1CCC[C@H]1c1ccc2c(c1)OCCCO2)NCCCc1ccccc1. The fraction of sp³-hybridized carbons (Fsp3) is 0.458. The van der Waals surface area contributed by atoms with E-state index < -0.39 is 0 Å². The van der Waals surface area contributed by atoms with Crippen LogP contribution in [-0.2, 0) is 11.2 Å². The number of nitrogens with one attached hydrogen (secondary N) is 1. The maximum atomic E-state index is 12.5. The molecule has 2 heterocycles. The zero-order chi connectivity index (χ0) is 19.9. The molecule has 2 aromatic rings. The van der Waals surface area contributed by atoms with Gasteiger partial charge in [-0.1, -0.05) is 36.4 Å². The standard InChI is InChI=1S/C24H30N2O3/c27-24(25-13-4-9-19-7-2-1-3-8-19)18-26-14-5-10-21(26)20-11-12-22-23(17-20)29-16-6-15-28-22/h1-3,7-8,11-12,17,21H,4-6,9-10,13-16,18H2,(H,25,27)/t21-/m0/s1. The highest BCUT2D eigenvalue weighted by Crippen LogP contribution is 2.37. The maximum Gasteiger partial charge on any atom is 0.234 e. The van der Waals surface area contributed by atoms with Gasteiger partial charge >= 0.3 is 0 Å². The van der Waals surface area contributed by atoms with Crippen molar-refractivity contribution in [2.75, 3.05) is 32.8 Å². The normalized spacial score (nSPS) is 19.0. The minimum atomic E-state index is 0.110. The number of hydrogen-bond acceptors (Lipinski definition) is 4. The number of fused-ring (bicyclic) bond motifs is 1. The molecule has 5 nitrogen and oxygen atoms in total. The van der Waals surface area contributed by atoms with Gasteiger partial charge in [-0.25, -0.2) is 0 Å². The van der Waals surface area contributed by atoms with Crippen LogP contribution < -0.4 is 14.8 Å². The molecule has 0 saturated carbocycles. The van der Waals surface area contributed by atoms with Crippen molar-refractivity contribution in [3.63, 3.8) is 0 Å². The minimum Gasteiger partial charge on any atom is -0.490 e. The fourth-order valence-electron chi connectivity index (χ4n) is 4.19. The van der Waals surface area contributed by atoms with Gasteiger partial charge in [0.05, 0.1) is 19.8 Å². The second-order valence-corrected chi connectivity index (χ2v) is 7.82. The molecule has 0 aliphatic carbocycles. The van der Waals surface area contributed by atoms with Crippen molar-refractivity contribution in [1.82, 2.24) is 10.2 Å². The van der Waals surface area contributed by atoms with Gasteiger partial charge in [0.15, 0.2) is 11.5 Å². The van der Waals surface area contributed by atoms with E-state index in [1.54, 1.807) is 0 Å². The summed E-state index contributed by atoms with van der Waals surface area (Å²) in [4.78, 5) is 14.8. The van der Waals surface area contributed by atoms with E-state index in [2.05, 4.69) is 46.6 Å². The molecule has 0 aromatic heterocycles. The van der Waals surface area contributed by atoms with E-state index in [0.717, 1.165) is 56.7 Å². The third kappa shape index (κ3) is 5.30. The van der Waals surface area contributed by atoms with Gasteiger partial charge in [0.1, 0.15) is 0 Å². The summed E-state index contributed by atoms with van der Waals surface area (Å²) in [6.07, 6.45) is 5.04. The second-order valence-electron chi connectivity index (χ2n) is 7.82. The van der Waals surface area contributed by atoms with Gasteiger partial charge in [0.25, 0.3) is 0 Å². The van der Waals surface area contributed by atoms with Crippen LogP contribution in [0.15, 0.2) is 48.5 Å². The molecule has 4 rings (SSSR count). The third-order valence-electron chi connectivity index (χ3n) is 5.67. The van der Waals surface area contributed by atoms with Crippen molar-refractivity contribution in [2.45, 2.75) is 38.1 Å². The number of benzene rings is 2. The van der Waals surface area contributed by atoms with Crippen LogP contribution in [0.3, 0.4) is 0 Å². The number of likely N-dealkylation sites (tertiary alicyclic amines) is 1. The van der Waals surface area contributed by atoms with Crippen molar-refractivity contribution < 1.29 is 14.3 Å². The Bertz CT molecular complexity index is 809. The van der Waals surface area contributed by atoms with Crippen molar-refractivity contribution in [2.24, 2.45) is 0 Å². The summed E-state index contributed by atoms with van der Waals surface area (Å²) < 4.78 is 11.6. The lowest BCUT2D eigenvalue weighted by molar-refractivity contribution is -0.122. The predicted octanol–water partition coefficient (Wildman–Crippen LogP) is 3.73. The van der Waals surface area contributed by atoms with Crippen LogP contribution in [-0.4, -0.2) is 43.7 Å². The van der Waals surface area contributed by atoms with Crippen LogP contribution in [0.25, 0.3) is 0 Å². The molecule has 0 spiro atoms. The van der Waals surface area contributed by atoms with Gasteiger partial charge in [-0.05, 0) is 55.5 Å². The Morgan fingerprint density at radius 1 is 1.03 bits per heavy atom. The Hall–Kier alpha value is -2.53. The maximum absolute atomic E-state index is 12.5. The third-order valence-corrected chi connectivity index (χ3v) is 5.67. The van der Waals surface area contributed by atoms with E-state index in [-0.39, 0.29) is 11.9 Å². The Kier molecular flexibility index (Phi) is 6.67. The highest BCUT2D eigenvalue weighted by molar-refractivity contribution is 5.78. The fourth-order valence-corrected chi connectivity index (χ4v) is 4.19. The summed E-state index contributed by atoms with van der Waals surface area (Å²) >= 11 is 0. The van der Waals surface area contributed by atoms with Crippen molar-refractivity contribution in [3.05, 3.63) is 59.7 Å². The van der Waals surface area contributed by atoms with Crippen LogP contribution in [0.2, 0.25) is 0 Å². The summed E-state index contributed by atoms with van der Waals surface area (Å²) in [5, 5.41) is 3.08. The molecule has 0 radical (unpaired) electrons. The van der Waals surface area contributed by atoms with Gasteiger partial charge in [0.2, 0.25) is 5.91 Å². The van der Waals surface area contributed by atoms with Crippen LogP contribution in [0.4, 0.5) is 0 Å². The number of rotatable bonds is 7. The van der Waals surface area contributed by atoms with Gasteiger partial charge in [-0.2, -0.15) is 0 Å². The van der Waals surface area contributed by atoms with Gasteiger partial charge in [0, 0.05) is 19.0 Å². The molecule has 29 heavy (non-hydrogen) atoms. The Morgan fingerprint density at radius 3 is 2.72 bits per heavy atom. The van der Waals surface area contributed by atoms with E-state index in [1.807, 2.05) is 12.1 Å². The quantitative estimate of drug-likeness (QED) is 0.727. The van der Waals surface area contributed by atoms with E-state index in [4.69, 9.17) is 9.47 Å². The van der Waals surface area contributed by atoms with E-state index in [1.165, 1.54) is 11.1 Å². The first-order valence-corrected chi connectivity index (χ1v) is 10.7. The molecule has 0 bridgehead atoms. The summed E-state index contributed by atoms with van der Waals surface area (Å²) in [5.41, 5.74) is 2.53. The van der Waals surface area contributed by atoms with Crippen LogP contribution >= 0.6 is 0 Å². The lowest BCUT2D eigenvalue weighted by Crippen LogP contribution is -2.37. The van der Waals surface area contributed by atoms with E-state index >= 15 is 0 Å². The number of hydrogen-bond donors (Lipinski definition) is 1. The van der Waals surface area contributed by atoms with Gasteiger partial charge in [-0.15, -0.1) is 0 Å². The topological polar surface area (TPSA) is 50.8 Å². The largest absolute Gasteiger partial charge is 0.490 e. The molecule has 2 aliphatic rings. The number of ether oxygens (including phenoxy) is 2. The molecular weight excluding hydrogens is 364 g/mol. The van der Waals surface area contributed by atoms with Gasteiger partial charge < -0.3 is 14.8 Å². The molecule has 0 unspecified atom stereocenters. The Morgan fingerprint density at radius 2 is 1.86 bits per heavy atom. The van der Waals surface area contributed by atoms with Crippen molar-refractivity contribution in [3.8, 4) is 11.5 Å². The molecule has 1 atom stereocenters. The zero-order valence-electron chi connectivity index (χ0n) is 16.9. The first-order valence-electron chi connectivity index (χ1n) is 10.7. The first kappa shape index (κ1) is 19.8. The minimum absolute atomic E-state index is 0.110. The van der Waals surface area contributed by atoms with E-state index in [9.17, 15) is 4.79 Å².